The van der Waals surface area contributed by atoms with Crippen molar-refractivity contribution >= 4 is 17.7 Å². The lowest BCUT2D eigenvalue weighted by atomic mass is 9.94. The summed E-state index contributed by atoms with van der Waals surface area (Å²) in [5, 5.41) is 4.25. The van der Waals surface area contributed by atoms with E-state index >= 15 is 0 Å². The molecule has 5 heteroatoms. The van der Waals surface area contributed by atoms with Gasteiger partial charge in [0.25, 0.3) is 5.91 Å². The molecule has 0 spiro atoms. The van der Waals surface area contributed by atoms with Gasteiger partial charge in [-0.05, 0) is 69.8 Å². The number of rotatable bonds is 4. The van der Waals surface area contributed by atoms with Crippen molar-refractivity contribution in [2.24, 2.45) is 11.0 Å². The molecule has 2 N–H and O–H groups in total. The van der Waals surface area contributed by atoms with Gasteiger partial charge in [-0.15, -0.1) is 0 Å². The number of aromatic nitrogens is 1. The lowest BCUT2D eigenvalue weighted by molar-refractivity contribution is -0.116. The number of fused-ring (bicyclic) bond motifs is 1. The second-order valence-corrected chi connectivity index (χ2v) is 7.19. The SMILES string of the molecule is CN(C)Cc1c(C=C2C(=O)NN=C2C2CC2)[nH]c2c1CCCC2. The Morgan fingerprint density at radius 2 is 2.04 bits per heavy atom. The normalized spacial score (nSPS) is 22.5. The summed E-state index contributed by atoms with van der Waals surface area (Å²) in [6.07, 6.45) is 9.11. The first-order valence-corrected chi connectivity index (χ1v) is 8.61. The zero-order valence-corrected chi connectivity index (χ0v) is 13.9. The number of nitrogens with zero attached hydrogens (tertiary/aromatic N) is 2. The first kappa shape index (κ1) is 14.7. The molecule has 4 rings (SSSR count). The fourth-order valence-electron chi connectivity index (χ4n) is 3.70. The summed E-state index contributed by atoms with van der Waals surface area (Å²) < 4.78 is 0. The number of aromatic amines is 1. The highest BCUT2D eigenvalue weighted by Crippen LogP contribution is 2.36. The minimum atomic E-state index is -0.0599. The van der Waals surface area contributed by atoms with Crippen LogP contribution in [0.3, 0.4) is 0 Å². The quantitative estimate of drug-likeness (QED) is 0.838. The van der Waals surface area contributed by atoms with Crippen LogP contribution in [0.4, 0.5) is 0 Å². The second-order valence-electron chi connectivity index (χ2n) is 7.19. The number of H-pyrrole nitrogens is 1. The Balaban J connectivity index is 1.75. The van der Waals surface area contributed by atoms with Gasteiger partial charge in [0.05, 0.1) is 11.3 Å². The number of hydrazone groups is 1. The van der Waals surface area contributed by atoms with Gasteiger partial charge in [-0.2, -0.15) is 5.10 Å². The number of carbonyl (C=O) groups is 1. The molecule has 0 unspecified atom stereocenters. The van der Waals surface area contributed by atoms with E-state index in [0.29, 0.717) is 5.92 Å². The summed E-state index contributed by atoms with van der Waals surface area (Å²) in [5.41, 5.74) is 9.65. The van der Waals surface area contributed by atoms with E-state index in [0.717, 1.165) is 49.2 Å². The third kappa shape index (κ3) is 2.74. The number of aryl methyl sites for hydroxylation is 1. The van der Waals surface area contributed by atoms with Crippen molar-refractivity contribution in [2.45, 2.75) is 45.1 Å². The smallest absolute Gasteiger partial charge is 0.273 e. The monoisotopic (exact) mass is 312 g/mol. The molecule has 122 valence electrons. The van der Waals surface area contributed by atoms with Crippen molar-refractivity contribution < 1.29 is 4.79 Å². The third-order valence-electron chi connectivity index (χ3n) is 4.97. The first-order chi connectivity index (χ1) is 11.1. The molecule has 0 atom stereocenters. The van der Waals surface area contributed by atoms with E-state index in [1.807, 2.05) is 6.08 Å². The highest BCUT2D eigenvalue weighted by Gasteiger charge is 2.36. The first-order valence-electron chi connectivity index (χ1n) is 8.61. The van der Waals surface area contributed by atoms with Crippen LogP contribution in [0.2, 0.25) is 0 Å². The molecule has 1 aliphatic heterocycles. The molecule has 23 heavy (non-hydrogen) atoms. The van der Waals surface area contributed by atoms with Crippen LogP contribution in [-0.2, 0) is 24.2 Å². The zero-order chi connectivity index (χ0) is 16.0. The summed E-state index contributed by atoms with van der Waals surface area (Å²) in [4.78, 5) is 18.0. The molecule has 0 saturated heterocycles. The van der Waals surface area contributed by atoms with Crippen molar-refractivity contribution in [1.82, 2.24) is 15.3 Å². The largest absolute Gasteiger partial charge is 0.358 e. The maximum absolute atomic E-state index is 12.2. The summed E-state index contributed by atoms with van der Waals surface area (Å²) >= 11 is 0. The molecule has 1 aromatic heterocycles. The molecular formula is C18H24N4O. The van der Waals surface area contributed by atoms with Gasteiger partial charge in [0.1, 0.15) is 0 Å². The van der Waals surface area contributed by atoms with Gasteiger partial charge in [-0.1, -0.05) is 0 Å². The number of nitrogens with one attached hydrogen (secondary N) is 2. The Kier molecular flexibility index (Phi) is 3.60. The highest BCUT2D eigenvalue weighted by atomic mass is 16.2. The molecule has 0 bridgehead atoms. The van der Waals surface area contributed by atoms with Crippen molar-refractivity contribution in [1.29, 1.82) is 0 Å². The van der Waals surface area contributed by atoms with Gasteiger partial charge in [0.15, 0.2) is 0 Å². The van der Waals surface area contributed by atoms with Crippen LogP contribution >= 0.6 is 0 Å². The Morgan fingerprint density at radius 3 is 2.78 bits per heavy atom. The predicted octanol–water partition coefficient (Wildman–Crippen LogP) is 2.23. The van der Waals surface area contributed by atoms with Gasteiger partial charge in [0, 0.05) is 23.9 Å². The summed E-state index contributed by atoms with van der Waals surface area (Å²) in [6.45, 7) is 0.905. The maximum atomic E-state index is 12.2. The van der Waals surface area contributed by atoms with Crippen molar-refractivity contribution in [3.63, 3.8) is 0 Å². The lowest BCUT2D eigenvalue weighted by Gasteiger charge is -2.15. The molecular weight excluding hydrogens is 288 g/mol. The van der Waals surface area contributed by atoms with Gasteiger partial charge < -0.3 is 9.88 Å². The van der Waals surface area contributed by atoms with E-state index in [9.17, 15) is 4.79 Å². The van der Waals surface area contributed by atoms with E-state index in [1.165, 1.54) is 29.7 Å². The van der Waals surface area contributed by atoms with Crippen LogP contribution < -0.4 is 5.43 Å². The Labute approximate surface area is 136 Å². The minimum absolute atomic E-state index is 0.0599. The van der Waals surface area contributed by atoms with E-state index in [4.69, 9.17) is 0 Å². The third-order valence-corrected chi connectivity index (χ3v) is 4.97. The van der Waals surface area contributed by atoms with E-state index in [1.54, 1.807) is 0 Å². The fourth-order valence-corrected chi connectivity index (χ4v) is 3.70. The van der Waals surface area contributed by atoms with Gasteiger partial charge in [-0.3, -0.25) is 4.79 Å². The molecule has 1 saturated carbocycles. The van der Waals surface area contributed by atoms with Crippen molar-refractivity contribution in [2.75, 3.05) is 14.1 Å². The number of hydrogen-bond donors (Lipinski definition) is 2. The predicted molar refractivity (Wildman–Crippen MR) is 91.1 cm³/mol. The molecule has 1 fully saturated rings. The van der Waals surface area contributed by atoms with Gasteiger partial charge >= 0.3 is 0 Å². The summed E-state index contributed by atoms with van der Waals surface area (Å²) in [6, 6.07) is 0. The molecule has 0 radical (unpaired) electrons. The molecule has 2 aliphatic carbocycles. The fraction of sp³-hybridized carbons (Fsp3) is 0.556. The van der Waals surface area contributed by atoms with Crippen LogP contribution in [0.25, 0.3) is 6.08 Å². The Morgan fingerprint density at radius 1 is 1.26 bits per heavy atom. The topological polar surface area (TPSA) is 60.5 Å². The van der Waals surface area contributed by atoms with E-state index < -0.39 is 0 Å². The molecule has 5 nitrogen and oxygen atoms in total. The molecule has 0 aromatic carbocycles. The zero-order valence-electron chi connectivity index (χ0n) is 13.9. The van der Waals surface area contributed by atoms with Crippen LogP contribution in [0, 0.1) is 5.92 Å². The average Bonchev–Trinajstić information content (AvgIpc) is 3.23. The number of hydrogen-bond acceptors (Lipinski definition) is 3. The van der Waals surface area contributed by atoms with E-state index in [2.05, 4.69) is 34.5 Å². The number of carbonyl (C=O) groups excluding carboxylic acids is 1. The number of amides is 1. The van der Waals surface area contributed by atoms with Gasteiger partial charge in [0.2, 0.25) is 0 Å². The average molecular weight is 312 g/mol. The van der Waals surface area contributed by atoms with Gasteiger partial charge in [-0.25, -0.2) is 5.43 Å². The lowest BCUT2D eigenvalue weighted by Crippen LogP contribution is -2.15. The summed E-state index contributed by atoms with van der Waals surface area (Å²) in [7, 11) is 4.19. The Hall–Kier alpha value is -1.88. The molecule has 3 aliphatic rings. The second kappa shape index (κ2) is 5.64. The van der Waals surface area contributed by atoms with Crippen LogP contribution in [0.5, 0.6) is 0 Å². The van der Waals surface area contributed by atoms with Crippen LogP contribution in [0.15, 0.2) is 10.7 Å². The minimum Gasteiger partial charge on any atom is -0.358 e. The summed E-state index contributed by atoms with van der Waals surface area (Å²) in [5.74, 6) is 0.414. The van der Waals surface area contributed by atoms with E-state index in [-0.39, 0.29) is 5.91 Å². The maximum Gasteiger partial charge on any atom is 0.273 e. The van der Waals surface area contributed by atoms with Crippen LogP contribution in [0.1, 0.15) is 48.2 Å². The standard InChI is InChI=1S/C18H24N4O/c1-22(2)10-14-12-5-3-4-6-15(12)19-16(14)9-13-17(11-7-8-11)20-21-18(13)23/h9,11,19H,3-8,10H2,1-2H3,(H,21,23). The van der Waals surface area contributed by atoms with Crippen molar-refractivity contribution in [3.05, 3.63) is 28.1 Å². The van der Waals surface area contributed by atoms with Crippen LogP contribution in [-0.4, -0.2) is 35.6 Å². The molecule has 1 amide bonds. The molecule has 1 aromatic rings. The molecule has 2 heterocycles. The Bertz CT molecular complexity index is 707. The van der Waals surface area contributed by atoms with Crippen molar-refractivity contribution in [3.8, 4) is 0 Å². The highest BCUT2D eigenvalue weighted by molar-refractivity contribution is 6.28.